The van der Waals surface area contributed by atoms with E-state index in [1.54, 1.807) is 42.4 Å². The fourth-order valence-electron chi connectivity index (χ4n) is 1.69. The van der Waals surface area contributed by atoms with Crippen LogP contribution in [0.15, 0.2) is 58.3 Å². The molecule has 106 valence electrons. The molecule has 6 heteroatoms. The largest absolute Gasteiger partial charge is 0.444 e. The van der Waals surface area contributed by atoms with Gasteiger partial charge in [-0.05, 0) is 36.4 Å². The highest BCUT2D eigenvalue weighted by Crippen LogP contribution is 2.24. The summed E-state index contributed by atoms with van der Waals surface area (Å²) in [4.78, 5) is 8.58. The molecule has 0 unspecified atom stereocenters. The number of benzene rings is 1. The van der Waals surface area contributed by atoms with Gasteiger partial charge in [-0.1, -0.05) is 23.4 Å². The van der Waals surface area contributed by atoms with Crippen molar-refractivity contribution in [2.45, 2.75) is 10.8 Å². The average Bonchev–Trinajstić information content (AvgIpc) is 2.96. The van der Waals surface area contributed by atoms with Gasteiger partial charge in [-0.15, -0.1) is 0 Å². The fourth-order valence-corrected chi connectivity index (χ4v) is 2.53. The summed E-state index contributed by atoms with van der Waals surface area (Å²) in [7, 11) is 0. The van der Waals surface area contributed by atoms with Gasteiger partial charge in [0.25, 0.3) is 0 Å². The average molecular weight is 321 g/mol. The Labute approximate surface area is 130 Å². The van der Waals surface area contributed by atoms with Crippen LogP contribution in [-0.4, -0.2) is 9.97 Å². The van der Waals surface area contributed by atoms with Crippen molar-refractivity contribution in [3.8, 4) is 11.5 Å². The molecule has 0 atom stereocenters. The normalized spacial score (nSPS) is 10.8. The number of aromatic nitrogens is 2. The predicted octanol–water partition coefficient (Wildman–Crippen LogP) is 4.82. The standard InChI is InChI=1S/C15H10ClFN2OS/c16-11-3-6-14(18-7-11)21-9-13-8-20-15(19-13)10-1-4-12(17)5-2-10/h1-8H,9H2. The SMILES string of the molecule is Fc1ccc(-c2nc(CSc3ccc(Cl)cn3)co2)cc1. The lowest BCUT2D eigenvalue weighted by atomic mass is 10.2. The Hall–Kier alpha value is -1.85. The van der Waals surface area contributed by atoms with Crippen LogP contribution >= 0.6 is 23.4 Å². The van der Waals surface area contributed by atoms with Gasteiger partial charge in [-0.2, -0.15) is 0 Å². The second-order valence-electron chi connectivity index (χ2n) is 4.25. The van der Waals surface area contributed by atoms with Crippen LogP contribution in [0.4, 0.5) is 4.39 Å². The van der Waals surface area contributed by atoms with E-state index in [0.717, 1.165) is 16.3 Å². The maximum atomic E-state index is 12.9. The maximum Gasteiger partial charge on any atom is 0.226 e. The molecule has 1 aromatic carbocycles. The van der Waals surface area contributed by atoms with E-state index in [1.165, 1.54) is 12.1 Å². The van der Waals surface area contributed by atoms with Crippen molar-refractivity contribution in [1.29, 1.82) is 0 Å². The zero-order chi connectivity index (χ0) is 14.7. The first kappa shape index (κ1) is 14.1. The van der Waals surface area contributed by atoms with Crippen molar-refractivity contribution in [3.63, 3.8) is 0 Å². The first-order chi connectivity index (χ1) is 10.2. The van der Waals surface area contributed by atoms with E-state index < -0.39 is 0 Å². The molecule has 2 heterocycles. The van der Waals surface area contributed by atoms with Crippen molar-refractivity contribution in [1.82, 2.24) is 9.97 Å². The lowest BCUT2D eigenvalue weighted by molar-refractivity contribution is 0.573. The second-order valence-corrected chi connectivity index (χ2v) is 5.69. The molecule has 0 spiro atoms. The molecule has 3 rings (SSSR count). The molecule has 3 aromatic rings. The Balaban J connectivity index is 1.67. The Kier molecular flexibility index (Phi) is 4.22. The Morgan fingerprint density at radius 3 is 2.67 bits per heavy atom. The maximum absolute atomic E-state index is 12.9. The van der Waals surface area contributed by atoms with E-state index in [1.807, 2.05) is 6.07 Å². The molecule has 0 saturated heterocycles. The molecule has 0 aliphatic heterocycles. The van der Waals surface area contributed by atoms with Crippen LogP contribution < -0.4 is 0 Å². The summed E-state index contributed by atoms with van der Waals surface area (Å²) < 4.78 is 18.3. The lowest BCUT2D eigenvalue weighted by Crippen LogP contribution is -1.84. The van der Waals surface area contributed by atoms with Crippen LogP contribution in [0.3, 0.4) is 0 Å². The van der Waals surface area contributed by atoms with Gasteiger partial charge in [0.1, 0.15) is 12.1 Å². The molecule has 3 nitrogen and oxygen atoms in total. The van der Waals surface area contributed by atoms with Crippen LogP contribution in [0, 0.1) is 5.82 Å². The summed E-state index contributed by atoms with van der Waals surface area (Å²) >= 11 is 7.33. The fraction of sp³-hybridized carbons (Fsp3) is 0.0667. The van der Waals surface area contributed by atoms with Gasteiger partial charge >= 0.3 is 0 Å². The van der Waals surface area contributed by atoms with E-state index in [4.69, 9.17) is 16.0 Å². The second kappa shape index (κ2) is 6.28. The molecule has 0 aliphatic rings. The highest BCUT2D eigenvalue weighted by atomic mass is 35.5. The number of nitrogens with zero attached hydrogens (tertiary/aromatic N) is 2. The summed E-state index contributed by atoms with van der Waals surface area (Å²) in [5.74, 6) is 0.837. The molecule has 0 amide bonds. The van der Waals surface area contributed by atoms with Crippen LogP contribution in [-0.2, 0) is 5.75 Å². The van der Waals surface area contributed by atoms with Gasteiger partial charge in [0.15, 0.2) is 0 Å². The van der Waals surface area contributed by atoms with E-state index >= 15 is 0 Å². The third-order valence-corrected chi connectivity index (χ3v) is 3.91. The van der Waals surface area contributed by atoms with Crippen molar-refractivity contribution >= 4 is 23.4 Å². The zero-order valence-electron chi connectivity index (χ0n) is 10.8. The number of hydrogen-bond acceptors (Lipinski definition) is 4. The smallest absolute Gasteiger partial charge is 0.226 e. The molecular weight excluding hydrogens is 311 g/mol. The van der Waals surface area contributed by atoms with Crippen LogP contribution in [0.1, 0.15) is 5.69 Å². The third kappa shape index (κ3) is 3.62. The first-order valence-electron chi connectivity index (χ1n) is 6.15. The number of rotatable bonds is 4. The van der Waals surface area contributed by atoms with Gasteiger partial charge in [-0.3, -0.25) is 0 Å². The van der Waals surface area contributed by atoms with E-state index in [9.17, 15) is 4.39 Å². The molecule has 2 aromatic heterocycles. The van der Waals surface area contributed by atoms with Gasteiger partial charge in [-0.25, -0.2) is 14.4 Å². The van der Waals surface area contributed by atoms with Crippen molar-refractivity contribution in [2.24, 2.45) is 0 Å². The molecule has 0 aliphatic carbocycles. The Morgan fingerprint density at radius 2 is 1.95 bits per heavy atom. The third-order valence-electron chi connectivity index (χ3n) is 2.71. The van der Waals surface area contributed by atoms with E-state index in [-0.39, 0.29) is 5.82 Å². The minimum absolute atomic E-state index is 0.283. The topological polar surface area (TPSA) is 38.9 Å². The molecule has 0 radical (unpaired) electrons. The van der Waals surface area contributed by atoms with Gasteiger partial charge in [0, 0.05) is 17.5 Å². The van der Waals surface area contributed by atoms with Crippen molar-refractivity contribution in [3.05, 3.63) is 65.4 Å². The first-order valence-corrected chi connectivity index (χ1v) is 7.52. The summed E-state index contributed by atoms with van der Waals surface area (Å²) in [6, 6.07) is 9.69. The Morgan fingerprint density at radius 1 is 1.14 bits per heavy atom. The van der Waals surface area contributed by atoms with Gasteiger partial charge in [0.05, 0.1) is 15.7 Å². The highest BCUT2D eigenvalue weighted by Gasteiger charge is 2.07. The van der Waals surface area contributed by atoms with Gasteiger partial charge in [0.2, 0.25) is 5.89 Å². The minimum atomic E-state index is -0.283. The number of halogens is 2. The summed E-state index contributed by atoms with van der Waals surface area (Å²) in [6.07, 6.45) is 3.21. The van der Waals surface area contributed by atoms with E-state index in [2.05, 4.69) is 9.97 Å². The lowest BCUT2D eigenvalue weighted by Gasteiger charge is -1.97. The van der Waals surface area contributed by atoms with Crippen LogP contribution in [0.5, 0.6) is 0 Å². The summed E-state index contributed by atoms with van der Waals surface area (Å²) in [5, 5.41) is 1.48. The number of thioether (sulfide) groups is 1. The minimum Gasteiger partial charge on any atom is -0.444 e. The monoisotopic (exact) mass is 320 g/mol. The van der Waals surface area contributed by atoms with Crippen molar-refractivity contribution in [2.75, 3.05) is 0 Å². The molecule has 0 fully saturated rings. The van der Waals surface area contributed by atoms with Crippen molar-refractivity contribution < 1.29 is 8.81 Å². The van der Waals surface area contributed by atoms with Crippen LogP contribution in [0.2, 0.25) is 5.02 Å². The zero-order valence-corrected chi connectivity index (χ0v) is 12.4. The van der Waals surface area contributed by atoms with Gasteiger partial charge < -0.3 is 4.42 Å². The number of oxazole rings is 1. The molecular formula is C15H10ClFN2OS. The Bertz CT molecular complexity index is 728. The predicted molar refractivity (Wildman–Crippen MR) is 80.7 cm³/mol. The van der Waals surface area contributed by atoms with E-state index in [0.29, 0.717) is 16.7 Å². The highest BCUT2D eigenvalue weighted by molar-refractivity contribution is 7.98. The quantitative estimate of drug-likeness (QED) is 0.646. The molecule has 0 bridgehead atoms. The molecule has 0 saturated carbocycles. The number of hydrogen-bond donors (Lipinski definition) is 0. The summed E-state index contributed by atoms with van der Waals surface area (Å²) in [5.41, 5.74) is 1.55. The summed E-state index contributed by atoms with van der Waals surface area (Å²) in [6.45, 7) is 0. The molecule has 21 heavy (non-hydrogen) atoms. The number of pyridine rings is 1. The molecule has 0 N–H and O–H groups in total. The van der Waals surface area contributed by atoms with Crippen LogP contribution in [0.25, 0.3) is 11.5 Å².